The van der Waals surface area contributed by atoms with Crippen LogP contribution in [-0.2, 0) is 6.54 Å². The molecule has 0 bridgehead atoms. The highest BCUT2D eigenvalue weighted by atomic mass is 16.2. The third-order valence-electron chi connectivity index (χ3n) is 4.67. The van der Waals surface area contributed by atoms with Gasteiger partial charge in [0.1, 0.15) is 5.69 Å². The molecule has 2 aromatic heterocycles. The minimum Gasteiger partial charge on any atom is -0.335 e. The van der Waals surface area contributed by atoms with Crippen molar-refractivity contribution in [1.29, 1.82) is 0 Å². The van der Waals surface area contributed by atoms with E-state index in [4.69, 9.17) is 0 Å². The molecule has 3 aromatic rings. The summed E-state index contributed by atoms with van der Waals surface area (Å²) in [4.78, 5) is 21.1. The average molecular weight is 347 g/mol. The van der Waals surface area contributed by atoms with Gasteiger partial charge in [0.25, 0.3) is 5.91 Å². The van der Waals surface area contributed by atoms with Crippen molar-refractivity contribution in [2.75, 3.05) is 26.2 Å². The van der Waals surface area contributed by atoms with Crippen LogP contribution in [-0.4, -0.2) is 57.1 Å². The first-order chi connectivity index (χ1) is 12.8. The maximum Gasteiger partial charge on any atom is 0.271 e. The number of nitrogens with one attached hydrogen (secondary N) is 1. The molecule has 26 heavy (non-hydrogen) atoms. The highest BCUT2D eigenvalue weighted by molar-refractivity contribution is 5.93. The van der Waals surface area contributed by atoms with Crippen LogP contribution in [0.1, 0.15) is 16.1 Å². The fourth-order valence-corrected chi connectivity index (χ4v) is 3.22. The summed E-state index contributed by atoms with van der Waals surface area (Å²) in [6.07, 6.45) is 3.68. The van der Waals surface area contributed by atoms with E-state index in [0.29, 0.717) is 5.69 Å². The first kappa shape index (κ1) is 16.5. The van der Waals surface area contributed by atoms with Crippen LogP contribution in [0.4, 0.5) is 0 Å². The van der Waals surface area contributed by atoms with Crippen molar-refractivity contribution < 1.29 is 4.79 Å². The number of nitrogens with zero attached hydrogens (tertiary/aromatic N) is 4. The van der Waals surface area contributed by atoms with Crippen molar-refractivity contribution in [2.45, 2.75) is 6.54 Å². The molecule has 0 atom stereocenters. The van der Waals surface area contributed by atoms with E-state index in [1.807, 2.05) is 53.6 Å². The van der Waals surface area contributed by atoms with E-state index in [0.717, 1.165) is 44.0 Å². The Morgan fingerprint density at radius 1 is 1.04 bits per heavy atom. The molecule has 0 unspecified atom stereocenters. The van der Waals surface area contributed by atoms with Crippen molar-refractivity contribution in [3.63, 3.8) is 0 Å². The Hall–Kier alpha value is -2.99. The third kappa shape index (κ3) is 3.65. The van der Waals surface area contributed by atoms with Gasteiger partial charge in [-0.15, -0.1) is 0 Å². The number of H-pyrrole nitrogens is 1. The van der Waals surface area contributed by atoms with Crippen LogP contribution < -0.4 is 0 Å². The molecule has 6 nitrogen and oxygen atoms in total. The van der Waals surface area contributed by atoms with Gasteiger partial charge >= 0.3 is 0 Å². The summed E-state index contributed by atoms with van der Waals surface area (Å²) in [6, 6.07) is 15.7. The fourth-order valence-electron chi connectivity index (χ4n) is 3.22. The third-order valence-corrected chi connectivity index (χ3v) is 4.67. The van der Waals surface area contributed by atoms with Crippen LogP contribution in [0.15, 0.2) is 60.9 Å². The second-order valence-electron chi connectivity index (χ2n) is 6.46. The minimum atomic E-state index is 0.0145. The van der Waals surface area contributed by atoms with E-state index in [1.54, 1.807) is 6.20 Å². The van der Waals surface area contributed by atoms with Crippen LogP contribution in [0, 0.1) is 0 Å². The van der Waals surface area contributed by atoms with Gasteiger partial charge in [-0.3, -0.25) is 19.8 Å². The molecular weight excluding hydrogens is 326 g/mol. The molecular formula is C20H21N5O. The molecule has 1 amide bonds. The minimum absolute atomic E-state index is 0.0145. The summed E-state index contributed by atoms with van der Waals surface area (Å²) >= 11 is 0. The number of benzene rings is 1. The lowest BCUT2D eigenvalue weighted by Crippen LogP contribution is -2.48. The lowest BCUT2D eigenvalue weighted by atomic mass is 10.1. The van der Waals surface area contributed by atoms with Gasteiger partial charge in [-0.2, -0.15) is 5.10 Å². The summed E-state index contributed by atoms with van der Waals surface area (Å²) in [5.74, 6) is 0.0145. The smallest absolute Gasteiger partial charge is 0.271 e. The van der Waals surface area contributed by atoms with Crippen molar-refractivity contribution in [3.05, 3.63) is 72.2 Å². The molecule has 1 saturated heterocycles. The Morgan fingerprint density at radius 2 is 1.85 bits per heavy atom. The molecule has 1 aromatic carbocycles. The molecule has 4 rings (SSSR count). The Labute approximate surface area is 152 Å². The van der Waals surface area contributed by atoms with Gasteiger partial charge in [-0.1, -0.05) is 36.4 Å². The van der Waals surface area contributed by atoms with Crippen LogP contribution in [0.5, 0.6) is 0 Å². The largest absolute Gasteiger partial charge is 0.335 e. The molecule has 1 aliphatic rings. The molecule has 1 aliphatic heterocycles. The van der Waals surface area contributed by atoms with Gasteiger partial charge in [0, 0.05) is 50.7 Å². The lowest BCUT2D eigenvalue weighted by Gasteiger charge is -2.34. The van der Waals surface area contributed by atoms with Crippen molar-refractivity contribution in [1.82, 2.24) is 25.0 Å². The van der Waals surface area contributed by atoms with E-state index in [9.17, 15) is 4.79 Å². The summed E-state index contributed by atoms with van der Waals surface area (Å²) in [5, 5.41) is 7.17. The number of amides is 1. The van der Waals surface area contributed by atoms with Gasteiger partial charge in [0.05, 0.1) is 5.69 Å². The van der Waals surface area contributed by atoms with Crippen LogP contribution >= 0.6 is 0 Å². The lowest BCUT2D eigenvalue weighted by molar-refractivity contribution is 0.0622. The van der Waals surface area contributed by atoms with E-state index in [1.165, 1.54) is 5.56 Å². The maximum atomic E-state index is 12.7. The van der Waals surface area contributed by atoms with Crippen molar-refractivity contribution >= 4 is 5.91 Å². The first-order valence-electron chi connectivity index (χ1n) is 8.81. The quantitative estimate of drug-likeness (QED) is 0.787. The Bertz CT molecular complexity index is 854. The number of aromatic amines is 1. The van der Waals surface area contributed by atoms with Crippen molar-refractivity contribution in [3.8, 4) is 11.3 Å². The molecule has 132 valence electrons. The predicted molar refractivity (Wildman–Crippen MR) is 99.4 cm³/mol. The number of hydrogen-bond donors (Lipinski definition) is 1. The molecule has 1 fully saturated rings. The number of hydrogen-bond acceptors (Lipinski definition) is 4. The second-order valence-corrected chi connectivity index (χ2v) is 6.46. The second kappa shape index (κ2) is 7.49. The number of pyridine rings is 1. The SMILES string of the molecule is O=C(c1cc(-c2ccccc2)n[nH]1)N1CCN(Cc2cccnc2)CC1. The zero-order valence-electron chi connectivity index (χ0n) is 14.5. The summed E-state index contributed by atoms with van der Waals surface area (Å²) < 4.78 is 0. The summed E-state index contributed by atoms with van der Waals surface area (Å²) in [6.45, 7) is 4.04. The monoisotopic (exact) mass is 347 g/mol. The Morgan fingerprint density at radius 3 is 2.58 bits per heavy atom. The zero-order valence-corrected chi connectivity index (χ0v) is 14.5. The number of carbonyl (C=O) groups excluding carboxylic acids is 1. The van der Waals surface area contributed by atoms with Gasteiger partial charge in [0.2, 0.25) is 0 Å². The Kier molecular flexibility index (Phi) is 4.75. The molecule has 3 heterocycles. The van der Waals surface area contributed by atoms with Crippen LogP contribution in [0.25, 0.3) is 11.3 Å². The van der Waals surface area contributed by atoms with E-state index < -0.39 is 0 Å². The van der Waals surface area contributed by atoms with E-state index in [2.05, 4.69) is 26.1 Å². The Balaban J connectivity index is 1.36. The zero-order chi connectivity index (χ0) is 17.8. The topological polar surface area (TPSA) is 65.1 Å². The van der Waals surface area contributed by atoms with E-state index in [-0.39, 0.29) is 5.91 Å². The van der Waals surface area contributed by atoms with Crippen LogP contribution in [0.3, 0.4) is 0 Å². The summed E-state index contributed by atoms with van der Waals surface area (Å²) in [5.41, 5.74) is 3.55. The van der Waals surface area contributed by atoms with Gasteiger partial charge in [-0.25, -0.2) is 0 Å². The molecule has 0 spiro atoms. The number of aromatic nitrogens is 3. The normalized spacial score (nSPS) is 15.2. The van der Waals surface area contributed by atoms with Gasteiger partial charge < -0.3 is 4.90 Å². The van der Waals surface area contributed by atoms with Gasteiger partial charge in [0.15, 0.2) is 0 Å². The van der Waals surface area contributed by atoms with Crippen molar-refractivity contribution in [2.24, 2.45) is 0 Å². The molecule has 0 saturated carbocycles. The standard InChI is InChI=1S/C20H21N5O/c26-20(19-13-18(22-23-19)17-6-2-1-3-7-17)25-11-9-24(10-12-25)15-16-5-4-8-21-14-16/h1-8,13-14H,9-12,15H2,(H,22,23). The van der Waals surface area contributed by atoms with Crippen LogP contribution in [0.2, 0.25) is 0 Å². The highest BCUT2D eigenvalue weighted by Crippen LogP contribution is 2.18. The molecule has 0 radical (unpaired) electrons. The number of carbonyl (C=O) groups is 1. The maximum absolute atomic E-state index is 12.7. The number of rotatable bonds is 4. The van der Waals surface area contributed by atoms with Gasteiger partial charge in [-0.05, 0) is 17.7 Å². The average Bonchev–Trinajstić information content (AvgIpc) is 3.20. The first-order valence-corrected chi connectivity index (χ1v) is 8.81. The number of piperazine rings is 1. The highest BCUT2D eigenvalue weighted by Gasteiger charge is 2.23. The summed E-state index contributed by atoms with van der Waals surface area (Å²) in [7, 11) is 0. The molecule has 6 heteroatoms. The molecule has 0 aliphatic carbocycles. The fraction of sp³-hybridized carbons (Fsp3) is 0.250. The van der Waals surface area contributed by atoms with E-state index >= 15 is 0 Å². The predicted octanol–water partition coefficient (Wildman–Crippen LogP) is 2.43. The molecule has 1 N–H and O–H groups in total.